The monoisotopic (exact) mass is 277 g/mol. The molecular formula is C15H20FN3O. The summed E-state index contributed by atoms with van der Waals surface area (Å²) in [6.07, 6.45) is 0. The summed E-state index contributed by atoms with van der Waals surface area (Å²) in [4.78, 5) is 0. The minimum atomic E-state index is -0.230. The van der Waals surface area contributed by atoms with Gasteiger partial charge in [0.2, 0.25) is 5.88 Å². The number of nitrogens with one attached hydrogen (secondary N) is 1. The van der Waals surface area contributed by atoms with E-state index in [-0.39, 0.29) is 5.82 Å². The second kappa shape index (κ2) is 6.05. The number of aryl methyl sites for hydroxylation is 3. The molecule has 5 heteroatoms. The number of ether oxygens (including phenoxy) is 1. The minimum Gasteiger partial charge on any atom is -0.439 e. The van der Waals surface area contributed by atoms with E-state index in [9.17, 15) is 4.39 Å². The Morgan fingerprint density at radius 2 is 2.10 bits per heavy atom. The van der Waals surface area contributed by atoms with E-state index in [2.05, 4.69) is 17.3 Å². The van der Waals surface area contributed by atoms with Crippen molar-refractivity contribution in [2.24, 2.45) is 7.05 Å². The van der Waals surface area contributed by atoms with Gasteiger partial charge in [-0.3, -0.25) is 0 Å². The molecule has 1 N–H and O–H groups in total. The largest absolute Gasteiger partial charge is 0.439 e. The minimum absolute atomic E-state index is 0.230. The Hall–Kier alpha value is -1.88. The zero-order valence-corrected chi connectivity index (χ0v) is 12.3. The van der Waals surface area contributed by atoms with Crippen LogP contribution in [-0.4, -0.2) is 16.3 Å². The third-order valence-corrected chi connectivity index (χ3v) is 3.18. The Bertz CT molecular complexity index is 607. The van der Waals surface area contributed by atoms with Crippen LogP contribution >= 0.6 is 0 Å². The lowest BCUT2D eigenvalue weighted by molar-refractivity contribution is 0.422. The lowest BCUT2D eigenvalue weighted by atomic mass is 10.2. The first-order chi connectivity index (χ1) is 9.52. The van der Waals surface area contributed by atoms with E-state index >= 15 is 0 Å². The summed E-state index contributed by atoms with van der Waals surface area (Å²) >= 11 is 0. The van der Waals surface area contributed by atoms with Gasteiger partial charge in [0.25, 0.3) is 0 Å². The molecule has 0 spiro atoms. The van der Waals surface area contributed by atoms with Gasteiger partial charge in [0.05, 0.1) is 11.3 Å². The van der Waals surface area contributed by atoms with Crippen LogP contribution in [-0.2, 0) is 13.6 Å². The quantitative estimate of drug-likeness (QED) is 0.913. The summed E-state index contributed by atoms with van der Waals surface area (Å²) in [5.74, 6) is 1.07. The maximum Gasteiger partial charge on any atom is 0.222 e. The third-order valence-electron chi connectivity index (χ3n) is 3.18. The highest BCUT2D eigenvalue weighted by Gasteiger charge is 2.15. The van der Waals surface area contributed by atoms with E-state index in [0.717, 1.165) is 17.8 Å². The fraction of sp³-hybridized carbons (Fsp3) is 0.400. The molecule has 0 bridgehead atoms. The van der Waals surface area contributed by atoms with Crippen LogP contribution in [0.5, 0.6) is 11.6 Å². The van der Waals surface area contributed by atoms with Crippen LogP contribution in [0.15, 0.2) is 18.2 Å². The average molecular weight is 277 g/mol. The molecule has 4 nitrogen and oxygen atoms in total. The molecule has 2 aromatic rings. The summed E-state index contributed by atoms with van der Waals surface area (Å²) in [6.45, 7) is 7.30. The number of aromatic nitrogens is 2. The topological polar surface area (TPSA) is 39.1 Å². The van der Waals surface area contributed by atoms with Gasteiger partial charge in [-0.15, -0.1) is 0 Å². The molecule has 0 aliphatic carbocycles. The molecule has 0 saturated carbocycles. The lowest BCUT2D eigenvalue weighted by Gasteiger charge is -2.10. The van der Waals surface area contributed by atoms with Crippen molar-refractivity contribution in [3.63, 3.8) is 0 Å². The lowest BCUT2D eigenvalue weighted by Crippen LogP contribution is -2.12. The fourth-order valence-corrected chi connectivity index (χ4v) is 2.05. The molecule has 0 radical (unpaired) electrons. The van der Waals surface area contributed by atoms with Crippen molar-refractivity contribution in [1.82, 2.24) is 15.1 Å². The van der Waals surface area contributed by atoms with Gasteiger partial charge in [-0.05, 0) is 44.2 Å². The molecule has 0 fully saturated rings. The number of nitrogens with zero attached hydrogens (tertiary/aromatic N) is 2. The molecule has 0 atom stereocenters. The van der Waals surface area contributed by atoms with E-state index in [1.165, 1.54) is 6.07 Å². The van der Waals surface area contributed by atoms with Crippen LogP contribution in [0.1, 0.15) is 23.7 Å². The molecule has 2 rings (SSSR count). The molecule has 20 heavy (non-hydrogen) atoms. The third kappa shape index (κ3) is 2.99. The molecule has 1 aromatic carbocycles. The smallest absolute Gasteiger partial charge is 0.222 e. The second-order valence-corrected chi connectivity index (χ2v) is 4.79. The van der Waals surface area contributed by atoms with Crippen LogP contribution in [0, 0.1) is 19.7 Å². The number of hydrogen-bond donors (Lipinski definition) is 1. The van der Waals surface area contributed by atoms with Crippen LogP contribution in [0.4, 0.5) is 4.39 Å². The van der Waals surface area contributed by atoms with E-state index < -0.39 is 0 Å². The van der Waals surface area contributed by atoms with E-state index in [1.807, 2.05) is 14.0 Å². The average Bonchev–Trinajstić information content (AvgIpc) is 2.66. The molecule has 0 saturated heterocycles. The van der Waals surface area contributed by atoms with Gasteiger partial charge in [0, 0.05) is 13.6 Å². The van der Waals surface area contributed by atoms with E-state index in [0.29, 0.717) is 23.7 Å². The predicted octanol–water partition coefficient (Wildman–Crippen LogP) is 3.08. The molecule has 0 aliphatic rings. The van der Waals surface area contributed by atoms with Gasteiger partial charge in [-0.1, -0.05) is 6.92 Å². The molecule has 0 amide bonds. The summed E-state index contributed by atoms with van der Waals surface area (Å²) in [5.41, 5.74) is 2.52. The Morgan fingerprint density at radius 3 is 2.75 bits per heavy atom. The number of rotatable bonds is 5. The number of halogens is 1. The van der Waals surface area contributed by atoms with Crippen molar-refractivity contribution in [2.45, 2.75) is 27.3 Å². The maximum absolute atomic E-state index is 13.3. The Morgan fingerprint density at radius 1 is 1.35 bits per heavy atom. The first kappa shape index (κ1) is 14.5. The highest BCUT2D eigenvalue weighted by atomic mass is 19.1. The standard InChI is InChI=1S/C15H20FN3O/c1-5-17-9-13-11(3)18-19(4)15(13)20-12-6-7-14(16)10(2)8-12/h6-8,17H,5,9H2,1-4H3. The summed E-state index contributed by atoms with van der Waals surface area (Å²) in [7, 11) is 1.84. The summed E-state index contributed by atoms with van der Waals surface area (Å²) in [6, 6.07) is 4.73. The van der Waals surface area contributed by atoms with Crippen LogP contribution in [0.25, 0.3) is 0 Å². The zero-order valence-electron chi connectivity index (χ0n) is 12.3. The van der Waals surface area contributed by atoms with Gasteiger partial charge >= 0.3 is 0 Å². The number of benzene rings is 1. The summed E-state index contributed by atoms with van der Waals surface area (Å²) < 4.78 is 20.9. The van der Waals surface area contributed by atoms with Crippen LogP contribution in [0.2, 0.25) is 0 Å². The first-order valence-electron chi connectivity index (χ1n) is 6.70. The molecule has 0 aliphatic heterocycles. The molecule has 0 unspecified atom stereocenters. The van der Waals surface area contributed by atoms with E-state index in [1.54, 1.807) is 23.7 Å². The predicted molar refractivity (Wildman–Crippen MR) is 76.5 cm³/mol. The van der Waals surface area contributed by atoms with Gasteiger partial charge in [0.1, 0.15) is 11.6 Å². The normalized spacial score (nSPS) is 10.8. The Balaban J connectivity index is 2.29. The summed E-state index contributed by atoms with van der Waals surface area (Å²) in [5, 5.41) is 7.65. The Kier molecular flexibility index (Phi) is 4.39. The number of hydrogen-bond acceptors (Lipinski definition) is 3. The maximum atomic E-state index is 13.3. The fourth-order valence-electron chi connectivity index (χ4n) is 2.05. The van der Waals surface area contributed by atoms with E-state index in [4.69, 9.17) is 4.74 Å². The van der Waals surface area contributed by atoms with Crippen molar-refractivity contribution in [3.8, 4) is 11.6 Å². The highest BCUT2D eigenvalue weighted by Crippen LogP contribution is 2.28. The molecule has 1 aromatic heterocycles. The van der Waals surface area contributed by atoms with Crippen LogP contribution in [0.3, 0.4) is 0 Å². The van der Waals surface area contributed by atoms with Gasteiger partial charge in [0.15, 0.2) is 0 Å². The van der Waals surface area contributed by atoms with Crippen molar-refractivity contribution in [2.75, 3.05) is 6.54 Å². The van der Waals surface area contributed by atoms with Crippen molar-refractivity contribution < 1.29 is 9.13 Å². The van der Waals surface area contributed by atoms with Gasteiger partial charge in [-0.2, -0.15) is 5.10 Å². The van der Waals surface area contributed by atoms with Crippen molar-refractivity contribution in [3.05, 3.63) is 40.8 Å². The van der Waals surface area contributed by atoms with Crippen molar-refractivity contribution >= 4 is 0 Å². The highest BCUT2D eigenvalue weighted by molar-refractivity contribution is 5.37. The second-order valence-electron chi connectivity index (χ2n) is 4.79. The molecular weight excluding hydrogens is 257 g/mol. The molecule has 1 heterocycles. The molecule has 108 valence electrons. The Labute approximate surface area is 118 Å². The van der Waals surface area contributed by atoms with Gasteiger partial charge in [-0.25, -0.2) is 9.07 Å². The first-order valence-corrected chi connectivity index (χ1v) is 6.70. The van der Waals surface area contributed by atoms with Gasteiger partial charge < -0.3 is 10.1 Å². The van der Waals surface area contributed by atoms with Crippen molar-refractivity contribution in [1.29, 1.82) is 0 Å². The SMILES string of the molecule is CCNCc1c(C)nn(C)c1Oc1ccc(F)c(C)c1. The zero-order chi connectivity index (χ0) is 14.7. The van der Waals surface area contributed by atoms with Crippen LogP contribution < -0.4 is 10.1 Å².